The molecule has 6 nitrogen and oxygen atoms in total. The number of rotatable bonds is 1. The normalized spacial score (nSPS) is 37.8. The van der Waals surface area contributed by atoms with Gasteiger partial charge in [-0.3, -0.25) is 4.79 Å². The molecule has 3 N–H and O–H groups in total. The van der Waals surface area contributed by atoms with Crippen LogP contribution in [0.5, 0.6) is 11.5 Å². The number of carbonyl (C=O) groups excluding carboxylic acids is 1. The lowest BCUT2D eigenvalue weighted by molar-refractivity contribution is -0.140. The van der Waals surface area contributed by atoms with Crippen molar-refractivity contribution in [2.24, 2.45) is 5.73 Å². The number of nitrogens with two attached hydrogens (primary N) is 1. The van der Waals surface area contributed by atoms with Crippen molar-refractivity contribution in [2.45, 2.75) is 49.3 Å². The Balaban J connectivity index is 1.80. The van der Waals surface area contributed by atoms with Crippen LogP contribution in [-0.4, -0.2) is 47.3 Å². The van der Waals surface area contributed by atoms with E-state index in [9.17, 15) is 9.90 Å². The molecule has 1 spiro atoms. The van der Waals surface area contributed by atoms with Crippen LogP contribution in [0, 0.1) is 0 Å². The minimum atomic E-state index is -0.514. The van der Waals surface area contributed by atoms with E-state index < -0.39 is 17.1 Å². The van der Waals surface area contributed by atoms with Crippen LogP contribution in [0.15, 0.2) is 24.0 Å². The van der Waals surface area contributed by atoms with Crippen LogP contribution in [0.1, 0.15) is 30.9 Å². The van der Waals surface area contributed by atoms with Gasteiger partial charge in [0.2, 0.25) is 0 Å². The molecule has 4 aliphatic rings. The molecular formula is C19H22N2O4. The van der Waals surface area contributed by atoms with Gasteiger partial charge in [-0.05, 0) is 50.6 Å². The van der Waals surface area contributed by atoms with Crippen molar-refractivity contribution in [1.29, 1.82) is 0 Å². The molecule has 25 heavy (non-hydrogen) atoms. The van der Waals surface area contributed by atoms with E-state index in [-0.39, 0.29) is 17.8 Å². The average Bonchev–Trinajstić information content (AvgIpc) is 2.91. The number of phenolic OH excluding ortho intramolecular Hbond substituents is 1. The molecule has 1 saturated heterocycles. The quantitative estimate of drug-likeness (QED) is 0.746. The highest BCUT2D eigenvalue weighted by Gasteiger charge is 2.70. The first-order valence-corrected chi connectivity index (χ1v) is 8.78. The van der Waals surface area contributed by atoms with Crippen molar-refractivity contribution < 1.29 is 19.4 Å². The van der Waals surface area contributed by atoms with E-state index in [1.54, 1.807) is 6.07 Å². The second-order valence-corrected chi connectivity index (χ2v) is 7.81. The Kier molecular flexibility index (Phi) is 2.78. The van der Waals surface area contributed by atoms with Gasteiger partial charge in [0, 0.05) is 24.1 Å². The first-order valence-electron chi connectivity index (χ1n) is 8.78. The second kappa shape index (κ2) is 4.56. The van der Waals surface area contributed by atoms with E-state index in [1.165, 1.54) is 12.5 Å². The van der Waals surface area contributed by atoms with Gasteiger partial charge in [0.05, 0.1) is 5.41 Å². The Morgan fingerprint density at radius 2 is 2.28 bits per heavy atom. The van der Waals surface area contributed by atoms with E-state index in [1.807, 2.05) is 12.1 Å². The lowest BCUT2D eigenvalue weighted by atomic mass is 9.49. The molecule has 0 aromatic heterocycles. The van der Waals surface area contributed by atoms with Crippen molar-refractivity contribution in [3.8, 4) is 11.5 Å². The summed E-state index contributed by atoms with van der Waals surface area (Å²) in [6, 6.07) is 3.86. The minimum absolute atomic E-state index is 0.129. The molecule has 4 atom stereocenters. The third-order valence-corrected chi connectivity index (χ3v) is 6.74. The molecule has 132 valence electrons. The summed E-state index contributed by atoms with van der Waals surface area (Å²) in [7, 11) is 2.12. The molecule has 2 heterocycles. The first kappa shape index (κ1) is 15.2. The fraction of sp³-hybridized carbons (Fsp3) is 0.526. The van der Waals surface area contributed by atoms with Crippen LogP contribution in [-0.2, 0) is 21.4 Å². The number of piperidine rings is 1. The number of hydrogen-bond acceptors (Lipinski definition) is 6. The minimum Gasteiger partial charge on any atom is -0.504 e. The average molecular weight is 342 g/mol. The monoisotopic (exact) mass is 342 g/mol. The third-order valence-electron chi connectivity index (χ3n) is 6.74. The zero-order valence-corrected chi connectivity index (χ0v) is 14.4. The Bertz CT molecular complexity index is 835. The van der Waals surface area contributed by atoms with Gasteiger partial charge in [0.25, 0.3) is 0 Å². The largest absolute Gasteiger partial charge is 0.504 e. The topological polar surface area (TPSA) is 85.0 Å². The van der Waals surface area contributed by atoms with Crippen LogP contribution >= 0.6 is 0 Å². The smallest absolute Gasteiger partial charge is 0.307 e. The van der Waals surface area contributed by atoms with Gasteiger partial charge in [-0.1, -0.05) is 6.07 Å². The zero-order chi connectivity index (χ0) is 17.6. The summed E-state index contributed by atoms with van der Waals surface area (Å²) in [6.45, 7) is 2.29. The van der Waals surface area contributed by atoms with Crippen molar-refractivity contribution in [2.75, 3.05) is 13.6 Å². The van der Waals surface area contributed by atoms with E-state index in [0.717, 1.165) is 24.9 Å². The summed E-state index contributed by atoms with van der Waals surface area (Å²) in [5, 5.41) is 10.4. The van der Waals surface area contributed by atoms with Gasteiger partial charge in [-0.15, -0.1) is 0 Å². The van der Waals surface area contributed by atoms with Crippen LogP contribution in [0.2, 0.25) is 0 Å². The van der Waals surface area contributed by atoms with Gasteiger partial charge in [0.1, 0.15) is 5.76 Å². The number of phenols is 1. The number of esters is 1. The summed E-state index contributed by atoms with van der Waals surface area (Å²) in [4.78, 5) is 13.9. The molecule has 5 rings (SSSR count). The standard InChI is InChI=1S/C19H22N2O4/c1-10(22)24-13-5-6-19(20)14-9-11-3-4-12(23)16-15(11)18(19,17(13)25-16)7-8-21(14)2/h3-5,14,17,23H,6-9,20H2,1-2H3. The maximum atomic E-state index is 11.6. The number of benzene rings is 1. The van der Waals surface area contributed by atoms with Gasteiger partial charge >= 0.3 is 5.97 Å². The van der Waals surface area contributed by atoms with Crippen molar-refractivity contribution >= 4 is 5.97 Å². The van der Waals surface area contributed by atoms with E-state index in [2.05, 4.69) is 11.9 Å². The highest BCUT2D eigenvalue weighted by molar-refractivity contribution is 5.69. The summed E-state index contributed by atoms with van der Waals surface area (Å²) >= 11 is 0. The van der Waals surface area contributed by atoms with Gasteiger partial charge < -0.3 is 25.2 Å². The number of likely N-dealkylation sites (tertiary alicyclic amines) is 1. The molecule has 0 amide bonds. The maximum Gasteiger partial charge on any atom is 0.307 e. The molecule has 2 bridgehead atoms. The predicted octanol–water partition coefficient (Wildman–Crippen LogP) is 1.20. The molecule has 6 heteroatoms. The predicted molar refractivity (Wildman–Crippen MR) is 90.3 cm³/mol. The van der Waals surface area contributed by atoms with E-state index in [0.29, 0.717) is 17.9 Å². The molecule has 1 fully saturated rings. The number of nitrogens with zero attached hydrogens (tertiary/aromatic N) is 1. The highest BCUT2D eigenvalue weighted by atomic mass is 16.6. The van der Waals surface area contributed by atoms with Crippen molar-refractivity contribution in [1.82, 2.24) is 4.90 Å². The lowest BCUT2D eigenvalue weighted by Crippen LogP contribution is -2.78. The second-order valence-electron chi connectivity index (χ2n) is 7.81. The molecule has 2 aliphatic carbocycles. The molecule has 1 aromatic rings. The van der Waals surface area contributed by atoms with Crippen molar-refractivity contribution in [3.63, 3.8) is 0 Å². The molecule has 2 aliphatic heterocycles. The lowest BCUT2D eigenvalue weighted by Gasteiger charge is -2.62. The summed E-state index contributed by atoms with van der Waals surface area (Å²) in [5.74, 6) is 0.807. The number of carbonyl (C=O) groups is 1. The molecular weight excluding hydrogens is 320 g/mol. The Morgan fingerprint density at radius 1 is 1.48 bits per heavy atom. The summed E-state index contributed by atoms with van der Waals surface area (Å²) in [5.41, 5.74) is 8.32. The first-order chi connectivity index (χ1) is 11.9. The molecule has 0 saturated carbocycles. The third kappa shape index (κ3) is 1.60. The van der Waals surface area contributed by atoms with E-state index in [4.69, 9.17) is 15.2 Å². The Labute approximate surface area is 146 Å². The van der Waals surface area contributed by atoms with Gasteiger partial charge in [-0.25, -0.2) is 0 Å². The number of hydrogen-bond donors (Lipinski definition) is 2. The Hall–Kier alpha value is -2.05. The summed E-state index contributed by atoms with van der Waals surface area (Å²) in [6.07, 6.45) is 3.71. The van der Waals surface area contributed by atoms with Gasteiger partial charge in [-0.2, -0.15) is 0 Å². The number of aromatic hydroxyl groups is 1. The fourth-order valence-electron chi connectivity index (χ4n) is 5.71. The van der Waals surface area contributed by atoms with Crippen LogP contribution in [0.4, 0.5) is 0 Å². The zero-order valence-electron chi connectivity index (χ0n) is 14.4. The SMILES string of the molecule is CC(=O)OC1=CCC2(N)C3Cc4ccc(O)c5c4C2(CCN3C)C1O5. The number of likely N-dealkylation sites (N-methyl/N-ethyl adjacent to an activating group) is 1. The van der Waals surface area contributed by atoms with Crippen LogP contribution in [0.3, 0.4) is 0 Å². The summed E-state index contributed by atoms with van der Waals surface area (Å²) < 4.78 is 11.7. The van der Waals surface area contributed by atoms with Gasteiger partial charge in [0.15, 0.2) is 17.6 Å². The van der Waals surface area contributed by atoms with Crippen molar-refractivity contribution in [3.05, 3.63) is 35.1 Å². The highest BCUT2D eigenvalue weighted by Crippen LogP contribution is 2.64. The molecule has 4 unspecified atom stereocenters. The van der Waals surface area contributed by atoms with Crippen LogP contribution < -0.4 is 10.5 Å². The fourth-order valence-corrected chi connectivity index (χ4v) is 5.71. The molecule has 0 radical (unpaired) electrons. The maximum absolute atomic E-state index is 11.6. The molecule has 1 aromatic carbocycles. The van der Waals surface area contributed by atoms with Crippen LogP contribution in [0.25, 0.3) is 0 Å². The van der Waals surface area contributed by atoms with E-state index >= 15 is 0 Å². The Morgan fingerprint density at radius 3 is 3.04 bits per heavy atom. The number of ether oxygens (including phenoxy) is 2.